The number of aryl methyl sites for hydroxylation is 1. The number of hydrogen-bond donors (Lipinski definition) is 2. The number of nitrogens with one attached hydrogen (secondary N) is 2. The smallest absolute Gasteiger partial charge is 0.200 e. The summed E-state index contributed by atoms with van der Waals surface area (Å²) < 4.78 is 0. The second kappa shape index (κ2) is 3.54. The molecule has 1 heterocycles. The predicted molar refractivity (Wildman–Crippen MR) is 60.8 cm³/mol. The maximum atomic E-state index is 4.28. The SMILES string of the molecule is Cc1cnc(NCC(C2CC2)C2CC2)[nH]1. The molecule has 0 atom stereocenters. The lowest BCUT2D eigenvalue weighted by atomic mass is 9.98. The summed E-state index contributed by atoms with van der Waals surface area (Å²) in [6.45, 7) is 3.15. The number of rotatable bonds is 5. The van der Waals surface area contributed by atoms with E-state index in [2.05, 4.69) is 15.3 Å². The van der Waals surface area contributed by atoms with Gasteiger partial charge in [-0.25, -0.2) is 4.98 Å². The monoisotopic (exact) mass is 205 g/mol. The summed E-state index contributed by atoms with van der Waals surface area (Å²) in [5.41, 5.74) is 1.13. The van der Waals surface area contributed by atoms with E-state index in [4.69, 9.17) is 0 Å². The van der Waals surface area contributed by atoms with Gasteiger partial charge in [0.2, 0.25) is 0 Å². The molecule has 0 aliphatic heterocycles. The molecule has 0 spiro atoms. The van der Waals surface area contributed by atoms with Gasteiger partial charge in [-0.05, 0) is 50.4 Å². The third kappa shape index (κ3) is 2.16. The molecule has 2 saturated carbocycles. The Bertz CT molecular complexity index is 324. The topological polar surface area (TPSA) is 40.7 Å². The zero-order valence-electron chi connectivity index (χ0n) is 9.29. The van der Waals surface area contributed by atoms with E-state index in [1.807, 2.05) is 13.1 Å². The molecule has 1 aromatic heterocycles. The van der Waals surface area contributed by atoms with Crippen LogP contribution >= 0.6 is 0 Å². The summed E-state index contributed by atoms with van der Waals surface area (Å²) in [4.78, 5) is 7.51. The third-order valence-corrected chi connectivity index (χ3v) is 3.66. The van der Waals surface area contributed by atoms with Crippen LogP contribution < -0.4 is 5.32 Å². The van der Waals surface area contributed by atoms with E-state index in [9.17, 15) is 0 Å². The Morgan fingerprint density at radius 2 is 2.07 bits per heavy atom. The predicted octanol–water partition coefficient (Wildman–Crippen LogP) is 2.57. The zero-order chi connectivity index (χ0) is 10.3. The normalized spacial score (nSPS) is 20.9. The van der Waals surface area contributed by atoms with E-state index >= 15 is 0 Å². The lowest BCUT2D eigenvalue weighted by molar-refractivity contribution is 0.427. The number of hydrogen-bond acceptors (Lipinski definition) is 2. The molecule has 82 valence electrons. The van der Waals surface area contributed by atoms with Crippen LogP contribution in [-0.4, -0.2) is 16.5 Å². The Morgan fingerprint density at radius 1 is 1.40 bits per heavy atom. The third-order valence-electron chi connectivity index (χ3n) is 3.66. The number of aromatic amines is 1. The number of aromatic nitrogens is 2. The standard InChI is InChI=1S/C12H19N3/c1-8-6-13-12(15-8)14-7-11(9-2-3-9)10-4-5-10/h6,9-11H,2-5,7H2,1H3,(H2,13,14,15). The van der Waals surface area contributed by atoms with Gasteiger partial charge in [0.1, 0.15) is 0 Å². The molecule has 3 heteroatoms. The molecule has 2 aliphatic carbocycles. The van der Waals surface area contributed by atoms with Gasteiger partial charge in [-0.15, -0.1) is 0 Å². The number of imidazole rings is 1. The largest absolute Gasteiger partial charge is 0.356 e. The van der Waals surface area contributed by atoms with Gasteiger partial charge >= 0.3 is 0 Å². The van der Waals surface area contributed by atoms with E-state index in [1.165, 1.54) is 25.7 Å². The lowest BCUT2D eigenvalue weighted by Gasteiger charge is -2.15. The van der Waals surface area contributed by atoms with E-state index in [0.29, 0.717) is 0 Å². The Balaban J connectivity index is 1.55. The van der Waals surface area contributed by atoms with Crippen LogP contribution in [0.25, 0.3) is 0 Å². The van der Waals surface area contributed by atoms with Crippen molar-refractivity contribution in [3.05, 3.63) is 11.9 Å². The molecule has 1 aromatic rings. The fourth-order valence-corrected chi connectivity index (χ4v) is 2.48. The van der Waals surface area contributed by atoms with E-state index in [-0.39, 0.29) is 0 Å². The highest BCUT2D eigenvalue weighted by molar-refractivity contribution is 5.26. The van der Waals surface area contributed by atoms with Gasteiger partial charge in [0, 0.05) is 18.4 Å². The van der Waals surface area contributed by atoms with Crippen molar-refractivity contribution in [2.24, 2.45) is 17.8 Å². The van der Waals surface area contributed by atoms with Gasteiger partial charge in [0.15, 0.2) is 5.95 Å². The average molecular weight is 205 g/mol. The first-order chi connectivity index (χ1) is 7.33. The first-order valence-electron chi connectivity index (χ1n) is 6.08. The molecular weight excluding hydrogens is 186 g/mol. The Kier molecular flexibility index (Phi) is 2.19. The van der Waals surface area contributed by atoms with E-state index in [0.717, 1.165) is 35.9 Å². The zero-order valence-corrected chi connectivity index (χ0v) is 9.29. The van der Waals surface area contributed by atoms with Crippen LogP contribution in [0, 0.1) is 24.7 Å². The summed E-state index contributed by atoms with van der Waals surface area (Å²) in [5, 5.41) is 3.44. The fourth-order valence-electron chi connectivity index (χ4n) is 2.48. The quantitative estimate of drug-likeness (QED) is 0.775. The Labute approximate surface area is 90.7 Å². The van der Waals surface area contributed by atoms with Crippen molar-refractivity contribution < 1.29 is 0 Å². The van der Waals surface area contributed by atoms with Gasteiger partial charge in [-0.1, -0.05) is 0 Å². The fraction of sp³-hybridized carbons (Fsp3) is 0.750. The molecule has 0 bridgehead atoms. The molecule has 0 radical (unpaired) electrons. The van der Waals surface area contributed by atoms with Crippen molar-refractivity contribution in [1.29, 1.82) is 0 Å². The van der Waals surface area contributed by atoms with Crippen LogP contribution in [-0.2, 0) is 0 Å². The summed E-state index contributed by atoms with van der Waals surface area (Å²) in [7, 11) is 0. The highest BCUT2D eigenvalue weighted by Gasteiger charge is 2.41. The van der Waals surface area contributed by atoms with Crippen molar-refractivity contribution in [3.63, 3.8) is 0 Å². The van der Waals surface area contributed by atoms with Gasteiger partial charge in [0.05, 0.1) is 0 Å². The first kappa shape index (κ1) is 9.25. The van der Waals surface area contributed by atoms with Crippen molar-refractivity contribution >= 4 is 5.95 Å². The van der Waals surface area contributed by atoms with Crippen LogP contribution in [0.5, 0.6) is 0 Å². The number of nitrogens with zero attached hydrogens (tertiary/aromatic N) is 1. The molecule has 2 fully saturated rings. The molecule has 0 unspecified atom stereocenters. The van der Waals surface area contributed by atoms with E-state index in [1.54, 1.807) is 0 Å². The van der Waals surface area contributed by atoms with Crippen molar-refractivity contribution in [1.82, 2.24) is 9.97 Å². The Hall–Kier alpha value is -0.990. The molecule has 0 saturated heterocycles. The van der Waals surface area contributed by atoms with Crippen LogP contribution in [0.4, 0.5) is 5.95 Å². The maximum Gasteiger partial charge on any atom is 0.200 e. The Morgan fingerprint density at radius 3 is 2.53 bits per heavy atom. The molecule has 0 amide bonds. The van der Waals surface area contributed by atoms with Gasteiger partial charge in [0.25, 0.3) is 0 Å². The minimum Gasteiger partial charge on any atom is -0.356 e. The highest BCUT2D eigenvalue weighted by atomic mass is 15.1. The van der Waals surface area contributed by atoms with Gasteiger partial charge in [-0.3, -0.25) is 0 Å². The number of H-pyrrole nitrogens is 1. The molecule has 15 heavy (non-hydrogen) atoms. The molecule has 2 N–H and O–H groups in total. The number of anilines is 1. The van der Waals surface area contributed by atoms with Crippen LogP contribution in [0.3, 0.4) is 0 Å². The summed E-state index contributed by atoms with van der Waals surface area (Å²) in [6, 6.07) is 0. The van der Waals surface area contributed by atoms with Crippen molar-refractivity contribution in [2.45, 2.75) is 32.6 Å². The summed E-state index contributed by atoms with van der Waals surface area (Å²) in [5.74, 6) is 3.89. The minimum atomic E-state index is 0.912. The van der Waals surface area contributed by atoms with E-state index < -0.39 is 0 Å². The molecular formula is C12H19N3. The molecule has 3 nitrogen and oxygen atoms in total. The molecule has 3 rings (SSSR count). The average Bonchev–Trinajstić information content (AvgIpc) is 3.09. The minimum absolute atomic E-state index is 0.912. The lowest BCUT2D eigenvalue weighted by Crippen LogP contribution is -2.18. The van der Waals surface area contributed by atoms with Gasteiger partial charge < -0.3 is 10.3 Å². The van der Waals surface area contributed by atoms with Crippen LogP contribution in [0.1, 0.15) is 31.4 Å². The maximum absolute atomic E-state index is 4.28. The van der Waals surface area contributed by atoms with Crippen LogP contribution in [0.2, 0.25) is 0 Å². The second-order valence-corrected chi connectivity index (χ2v) is 5.13. The van der Waals surface area contributed by atoms with Gasteiger partial charge in [-0.2, -0.15) is 0 Å². The highest BCUT2D eigenvalue weighted by Crippen LogP contribution is 2.49. The molecule has 2 aliphatic rings. The first-order valence-corrected chi connectivity index (χ1v) is 6.08. The van der Waals surface area contributed by atoms with Crippen molar-refractivity contribution in [3.8, 4) is 0 Å². The summed E-state index contributed by atoms with van der Waals surface area (Å²) >= 11 is 0. The van der Waals surface area contributed by atoms with Crippen molar-refractivity contribution in [2.75, 3.05) is 11.9 Å². The molecule has 0 aromatic carbocycles. The second-order valence-electron chi connectivity index (χ2n) is 5.13. The summed E-state index contributed by atoms with van der Waals surface area (Å²) in [6.07, 6.45) is 7.71. The van der Waals surface area contributed by atoms with Crippen LogP contribution in [0.15, 0.2) is 6.20 Å².